The summed E-state index contributed by atoms with van der Waals surface area (Å²) < 4.78 is 42.5. The van der Waals surface area contributed by atoms with Gasteiger partial charge < -0.3 is 0 Å². The fourth-order valence-electron chi connectivity index (χ4n) is 4.67. The molecular formula is C27H27FN4O3S2. The van der Waals surface area contributed by atoms with Crippen LogP contribution < -0.4 is 4.90 Å². The predicted molar refractivity (Wildman–Crippen MR) is 142 cm³/mol. The van der Waals surface area contributed by atoms with Gasteiger partial charge in [-0.05, 0) is 54.7 Å². The summed E-state index contributed by atoms with van der Waals surface area (Å²) in [5.41, 5.74) is 2.91. The molecule has 0 bridgehead atoms. The molecule has 0 spiro atoms. The van der Waals surface area contributed by atoms with E-state index in [1.165, 1.54) is 33.8 Å². The van der Waals surface area contributed by atoms with Gasteiger partial charge in [-0.2, -0.15) is 4.31 Å². The van der Waals surface area contributed by atoms with Gasteiger partial charge >= 0.3 is 0 Å². The average Bonchev–Trinajstić information content (AvgIpc) is 3.36. The molecule has 5 rings (SSSR count). The number of hydrogen-bond donors (Lipinski definition) is 0. The summed E-state index contributed by atoms with van der Waals surface area (Å²) in [5.74, 6) is -1.24. The number of fused-ring (bicyclic) bond motifs is 1. The van der Waals surface area contributed by atoms with Crippen molar-refractivity contribution in [2.24, 2.45) is 5.92 Å². The Kier molecular flexibility index (Phi) is 7.32. The van der Waals surface area contributed by atoms with Crippen LogP contribution in [0.15, 0.2) is 71.9 Å². The number of aromatic nitrogens is 2. The molecule has 1 aliphatic rings. The summed E-state index contributed by atoms with van der Waals surface area (Å²) in [6.45, 7) is 2.69. The number of para-hydroxylation sites is 1. The average molecular weight is 539 g/mol. The Bertz CT molecular complexity index is 1520. The van der Waals surface area contributed by atoms with E-state index in [0.717, 1.165) is 33.8 Å². The maximum absolute atomic E-state index is 14.2. The number of rotatable bonds is 7. The minimum absolute atomic E-state index is 0.0936. The minimum Gasteiger partial charge on any atom is -0.283 e. The number of carbonyl (C=O) groups is 1. The number of anilines is 1. The lowest BCUT2D eigenvalue weighted by Crippen LogP contribution is -2.44. The van der Waals surface area contributed by atoms with Gasteiger partial charge in [-0.15, -0.1) is 0 Å². The van der Waals surface area contributed by atoms with Gasteiger partial charge in [0.05, 0.1) is 16.8 Å². The molecule has 10 heteroatoms. The van der Waals surface area contributed by atoms with Gasteiger partial charge in [0.15, 0.2) is 5.13 Å². The van der Waals surface area contributed by atoms with Crippen molar-refractivity contribution in [3.8, 4) is 0 Å². The molecule has 3 heterocycles. The summed E-state index contributed by atoms with van der Waals surface area (Å²) >= 11 is 1.48. The number of carbonyl (C=O) groups excluding carboxylic acids is 1. The molecule has 1 fully saturated rings. The lowest BCUT2D eigenvalue weighted by atomic mass is 9.96. The number of pyridine rings is 1. The van der Waals surface area contributed by atoms with Gasteiger partial charge in [0.1, 0.15) is 10.7 Å². The van der Waals surface area contributed by atoms with Crippen LogP contribution in [0, 0.1) is 11.7 Å². The molecule has 0 unspecified atom stereocenters. The first-order valence-electron chi connectivity index (χ1n) is 12.2. The summed E-state index contributed by atoms with van der Waals surface area (Å²) in [7, 11) is -3.97. The van der Waals surface area contributed by atoms with Gasteiger partial charge in [-0.25, -0.2) is 17.8 Å². The van der Waals surface area contributed by atoms with Crippen molar-refractivity contribution in [1.82, 2.24) is 14.3 Å². The molecule has 2 aromatic heterocycles. The Balaban J connectivity index is 1.39. The monoisotopic (exact) mass is 538 g/mol. The number of sulfonamides is 1. The third kappa shape index (κ3) is 5.14. The van der Waals surface area contributed by atoms with Crippen molar-refractivity contribution in [3.05, 3.63) is 83.9 Å². The van der Waals surface area contributed by atoms with E-state index in [4.69, 9.17) is 4.98 Å². The zero-order valence-corrected chi connectivity index (χ0v) is 22.0. The van der Waals surface area contributed by atoms with E-state index in [0.29, 0.717) is 24.5 Å². The van der Waals surface area contributed by atoms with Crippen LogP contribution in [0.5, 0.6) is 0 Å². The quantitative estimate of drug-likeness (QED) is 0.330. The molecule has 0 saturated carbocycles. The molecule has 0 atom stereocenters. The summed E-state index contributed by atoms with van der Waals surface area (Å²) in [4.78, 5) is 24.3. The van der Waals surface area contributed by atoms with Crippen molar-refractivity contribution < 1.29 is 17.6 Å². The van der Waals surface area contributed by atoms with Crippen LogP contribution in [-0.2, 0) is 27.8 Å². The summed E-state index contributed by atoms with van der Waals surface area (Å²) in [5, 5.41) is 0.617. The number of thiazole rings is 1. The fraction of sp³-hybridized carbons (Fsp3) is 0.296. The number of nitrogens with zero attached hydrogens (tertiary/aromatic N) is 4. The Morgan fingerprint density at radius 2 is 1.89 bits per heavy atom. The Morgan fingerprint density at radius 3 is 2.59 bits per heavy atom. The lowest BCUT2D eigenvalue weighted by molar-refractivity contribution is -0.123. The minimum atomic E-state index is -3.97. The third-order valence-corrected chi connectivity index (χ3v) is 9.67. The fourth-order valence-corrected chi connectivity index (χ4v) is 7.22. The highest BCUT2D eigenvalue weighted by Crippen LogP contribution is 2.34. The molecule has 0 N–H and O–H groups in total. The zero-order valence-electron chi connectivity index (χ0n) is 20.4. The molecule has 4 aromatic rings. The highest BCUT2D eigenvalue weighted by Gasteiger charge is 2.36. The van der Waals surface area contributed by atoms with Crippen LogP contribution in [-0.4, -0.2) is 41.7 Å². The normalized spacial score (nSPS) is 15.2. The highest BCUT2D eigenvalue weighted by atomic mass is 32.2. The Labute approximate surface area is 219 Å². The van der Waals surface area contributed by atoms with E-state index in [1.807, 2.05) is 30.3 Å². The second-order valence-corrected chi connectivity index (χ2v) is 11.9. The van der Waals surface area contributed by atoms with Crippen LogP contribution in [0.25, 0.3) is 10.2 Å². The number of piperidine rings is 1. The first-order valence-corrected chi connectivity index (χ1v) is 14.5. The second-order valence-electron chi connectivity index (χ2n) is 9.01. The maximum Gasteiger partial charge on any atom is 0.245 e. The number of amides is 1. The SMILES string of the molecule is CCc1cccc2sc(N(Cc3cccnc3)C(=O)C3CCN(S(=O)(=O)c4ccccc4F)CC3)nc12. The van der Waals surface area contributed by atoms with Crippen LogP contribution in [0.2, 0.25) is 0 Å². The molecule has 0 radical (unpaired) electrons. The molecule has 192 valence electrons. The Morgan fingerprint density at radius 1 is 1.11 bits per heavy atom. The van der Waals surface area contributed by atoms with Crippen LogP contribution in [0.4, 0.5) is 9.52 Å². The molecular weight excluding hydrogens is 511 g/mol. The van der Waals surface area contributed by atoms with Crippen LogP contribution >= 0.6 is 11.3 Å². The molecule has 37 heavy (non-hydrogen) atoms. The predicted octanol–water partition coefficient (Wildman–Crippen LogP) is 5.03. The molecule has 1 amide bonds. The number of aryl methyl sites for hydroxylation is 1. The van der Waals surface area contributed by atoms with E-state index >= 15 is 0 Å². The van der Waals surface area contributed by atoms with Gasteiger partial charge in [-0.3, -0.25) is 14.7 Å². The smallest absolute Gasteiger partial charge is 0.245 e. The standard InChI is InChI=1S/C27H27FN4O3S2/c1-2-20-8-5-10-23-25(20)30-27(36-23)32(18-19-7-6-14-29-17-19)26(33)21-12-15-31(16-13-21)37(34,35)24-11-4-3-9-22(24)28/h3-11,14,17,21H,2,12-13,15-16,18H2,1H3. The highest BCUT2D eigenvalue weighted by molar-refractivity contribution is 7.89. The van der Waals surface area contributed by atoms with Crippen LogP contribution in [0.1, 0.15) is 30.9 Å². The van der Waals surface area contributed by atoms with E-state index in [2.05, 4.69) is 11.9 Å². The maximum atomic E-state index is 14.2. The first-order chi connectivity index (χ1) is 17.9. The third-order valence-electron chi connectivity index (χ3n) is 6.69. The van der Waals surface area contributed by atoms with Gasteiger partial charge in [0.25, 0.3) is 0 Å². The number of benzene rings is 2. The van der Waals surface area contributed by atoms with Crippen molar-refractivity contribution >= 4 is 42.6 Å². The molecule has 2 aromatic carbocycles. The van der Waals surface area contributed by atoms with Crippen molar-refractivity contribution in [3.63, 3.8) is 0 Å². The number of hydrogen-bond acceptors (Lipinski definition) is 6. The lowest BCUT2D eigenvalue weighted by Gasteiger charge is -2.33. The summed E-state index contributed by atoms with van der Waals surface area (Å²) in [6.07, 6.45) is 4.95. The van der Waals surface area contributed by atoms with Crippen molar-refractivity contribution in [2.45, 2.75) is 37.6 Å². The molecule has 7 nitrogen and oxygen atoms in total. The first kappa shape index (κ1) is 25.4. The van der Waals surface area contributed by atoms with Gasteiger partial charge in [0, 0.05) is 31.4 Å². The topological polar surface area (TPSA) is 83.5 Å². The van der Waals surface area contributed by atoms with E-state index in [1.54, 1.807) is 17.3 Å². The van der Waals surface area contributed by atoms with Gasteiger partial charge in [0.2, 0.25) is 15.9 Å². The second kappa shape index (κ2) is 10.6. The van der Waals surface area contributed by atoms with Crippen LogP contribution in [0.3, 0.4) is 0 Å². The van der Waals surface area contributed by atoms with Crippen molar-refractivity contribution in [1.29, 1.82) is 0 Å². The Hall–Kier alpha value is -3.21. The van der Waals surface area contributed by atoms with Gasteiger partial charge in [-0.1, -0.05) is 48.6 Å². The summed E-state index contributed by atoms with van der Waals surface area (Å²) in [6, 6.07) is 15.2. The van der Waals surface area contributed by atoms with E-state index in [-0.39, 0.29) is 29.8 Å². The molecule has 0 aliphatic carbocycles. The van der Waals surface area contributed by atoms with Crippen molar-refractivity contribution in [2.75, 3.05) is 18.0 Å². The van der Waals surface area contributed by atoms with E-state index < -0.39 is 15.8 Å². The largest absolute Gasteiger partial charge is 0.283 e. The zero-order chi connectivity index (χ0) is 26.0. The van der Waals surface area contributed by atoms with E-state index in [9.17, 15) is 17.6 Å². The molecule has 1 aliphatic heterocycles. The molecule has 1 saturated heterocycles. The number of halogens is 1.